The lowest BCUT2D eigenvalue weighted by Gasteiger charge is -2.04. The molecule has 3 nitrogen and oxygen atoms in total. The second-order valence-electron chi connectivity index (χ2n) is 3.45. The van der Waals surface area contributed by atoms with E-state index in [9.17, 15) is 18.0 Å². The Kier molecular flexibility index (Phi) is 5.06. The third-order valence-electron chi connectivity index (χ3n) is 2.13. The van der Waals surface area contributed by atoms with Crippen molar-refractivity contribution in [2.24, 2.45) is 0 Å². The van der Waals surface area contributed by atoms with Gasteiger partial charge in [-0.3, -0.25) is 4.79 Å². The molecule has 0 atom stereocenters. The van der Waals surface area contributed by atoms with Crippen LogP contribution < -0.4 is 0 Å². The SMILES string of the molecule is COOCC(=Cc1cc(F)c(F)c(F)c1)C(C)=O. The molecule has 0 aliphatic rings. The Balaban J connectivity index is 3.08. The van der Waals surface area contributed by atoms with E-state index in [0.29, 0.717) is 0 Å². The van der Waals surface area contributed by atoms with E-state index in [1.807, 2.05) is 0 Å². The molecule has 0 unspecified atom stereocenters. The highest BCUT2D eigenvalue weighted by Crippen LogP contribution is 2.16. The van der Waals surface area contributed by atoms with Gasteiger partial charge in [0.1, 0.15) is 6.61 Å². The second kappa shape index (κ2) is 6.32. The van der Waals surface area contributed by atoms with Gasteiger partial charge in [0.25, 0.3) is 0 Å². The molecule has 0 heterocycles. The van der Waals surface area contributed by atoms with E-state index in [-0.39, 0.29) is 23.5 Å². The molecule has 18 heavy (non-hydrogen) atoms. The molecular formula is C12H11F3O3. The minimum atomic E-state index is -1.55. The smallest absolute Gasteiger partial charge is 0.194 e. The first-order valence-corrected chi connectivity index (χ1v) is 4.97. The third-order valence-corrected chi connectivity index (χ3v) is 2.13. The number of rotatable bonds is 5. The van der Waals surface area contributed by atoms with E-state index >= 15 is 0 Å². The summed E-state index contributed by atoms with van der Waals surface area (Å²) in [6.45, 7) is 1.09. The molecule has 0 fully saturated rings. The Morgan fingerprint density at radius 2 is 1.83 bits per heavy atom. The van der Waals surface area contributed by atoms with Gasteiger partial charge in [-0.2, -0.15) is 0 Å². The maximum absolute atomic E-state index is 13.0. The number of halogens is 3. The quantitative estimate of drug-likeness (QED) is 0.353. The van der Waals surface area contributed by atoms with Crippen LogP contribution in [0.1, 0.15) is 12.5 Å². The van der Waals surface area contributed by atoms with Gasteiger partial charge in [-0.05, 0) is 30.7 Å². The summed E-state index contributed by atoms with van der Waals surface area (Å²) in [5.41, 5.74) is 0.165. The fourth-order valence-electron chi connectivity index (χ4n) is 1.23. The van der Waals surface area contributed by atoms with Crippen molar-refractivity contribution in [3.05, 3.63) is 40.7 Å². The molecule has 0 N–H and O–H groups in total. The van der Waals surface area contributed by atoms with Crippen molar-refractivity contribution in [1.82, 2.24) is 0 Å². The number of benzene rings is 1. The molecule has 0 aromatic heterocycles. The van der Waals surface area contributed by atoms with Crippen LogP contribution in [-0.4, -0.2) is 19.5 Å². The Morgan fingerprint density at radius 1 is 1.28 bits per heavy atom. The average Bonchev–Trinajstić information content (AvgIpc) is 2.30. The zero-order valence-electron chi connectivity index (χ0n) is 9.80. The van der Waals surface area contributed by atoms with E-state index in [2.05, 4.69) is 9.78 Å². The lowest BCUT2D eigenvalue weighted by Crippen LogP contribution is -2.05. The minimum Gasteiger partial charge on any atom is -0.295 e. The molecule has 98 valence electrons. The van der Waals surface area contributed by atoms with E-state index in [0.717, 1.165) is 12.1 Å². The van der Waals surface area contributed by atoms with Crippen molar-refractivity contribution in [2.75, 3.05) is 13.7 Å². The van der Waals surface area contributed by atoms with Crippen molar-refractivity contribution < 1.29 is 27.7 Å². The summed E-state index contributed by atoms with van der Waals surface area (Å²) in [6, 6.07) is 1.57. The zero-order valence-corrected chi connectivity index (χ0v) is 9.80. The Hall–Kier alpha value is -1.66. The molecule has 0 bridgehead atoms. The molecule has 1 rings (SSSR count). The fourth-order valence-corrected chi connectivity index (χ4v) is 1.23. The Labute approximate surface area is 102 Å². The maximum atomic E-state index is 13.0. The van der Waals surface area contributed by atoms with Crippen molar-refractivity contribution in [3.63, 3.8) is 0 Å². The Morgan fingerprint density at radius 3 is 2.28 bits per heavy atom. The second-order valence-corrected chi connectivity index (χ2v) is 3.45. The topological polar surface area (TPSA) is 35.5 Å². The third kappa shape index (κ3) is 3.68. The van der Waals surface area contributed by atoms with Crippen LogP contribution in [0.15, 0.2) is 17.7 Å². The lowest BCUT2D eigenvalue weighted by atomic mass is 10.1. The van der Waals surface area contributed by atoms with Gasteiger partial charge >= 0.3 is 0 Å². The van der Waals surface area contributed by atoms with Crippen molar-refractivity contribution in [3.8, 4) is 0 Å². The minimum absolute atomic E-state index is 0.0244. The highest BCUT2D eigenvalue weighted by atomic mass is 19.2. The number of hydrogen-bond donors (Lipinski definition) is 0. The van der Waals surface area contributed by atoms with E-state index in [4.69, 9.17) is 0 Å². The van der Waals surface area contributed by atoms with Crippen LogP contribution in [0.2, 0.25) is 0 Å². The van der Waals surface area contributed by atoms with Gasteiger partial charge in [-0.25, -0.2) is 22.9 Å². The van der Waals surface area contributed by atoms with Gasteiger partial charge in [0.2, 0.25) is 0 Å². The van der Waals surface area contributed by atoms with Crippen molar-refractivity contribution in [2.45, 2.75) is 6.92 Å². The normalized spacial score (nSPS) is 11.7. The summed E-state index contributed by atoms with van der Waals surface area (Å²) in [5, 5.41) is 0. The predicted octanol–water partition coefficient (Wildman–Crippen LogP) is 2.65. The summed E-state index contributed by atoms with van der Waals surface area (Å²) in [6.07, 6.45) is 1.20. The predicted molar refractivity (Wildman–Crippen MR) is 57.9 cm³/mol. The van der Waals surface area contributed by atoms with Crippen LogP contribution in [0, 0.1) is 17.5 Å². The number of carbonyl (C=O) groups is 1. The van der Waals surface area contributed by atoms with Crippen LogP contribution in [0.4, 0.5) is 13.2 Å². The summed E-state index contributed by atoms with van der Waals surface area (Å²) < 4.78 is 38.6. The molecule has 1 aromatic rings. The molecule has 0 aliphatic heterocycles. The van der Waals surface area contributed by atoms with Gasteiger partial charge in [-0.15, -0.1) is 0 Å². The molecule has 0 amide bonds. The number of carbonyl (C=O) groups excluding carboxylic acids is 1. The molecule has 0 saturated carbocycles. The summed E-state index contributed by atoms with van der Waals surface area (Å²) in [4.78, 5) is 20.1. The van der Waals surface area contributed by atoms with Crippen LogP contribution in [0.5, 0.6) is 0 Å². The standard InChI is InChI=1S/C12H11F3O3/c1-7(16)9(6-18-17-2)3-8-4-10(13)12(15)11(14)5-8/h3-5H,6H2,1-2H3. The van der Waals surface area contributed by atoms with Crippen molar-refractivity contribution in [1.29, 1.82) is 0 Å². The van der Waals surface area contributed by atoms with Crippen molar-refractivity contribution >= 4 is 11.9 Å². The molecule has 0 saturated heterocycles. The summed E-state index contributed by atoms with van der Waals surface area (Å²) in [7, 11) is 1.26. The van der Waals surface area contributed by atoms with Crippen LogP contribution in [0.25, 0.3) is 6.08 Å². The molecule has 0 radical (unpaired) electrons. The lowest BCUT2D eigenvalue weighted by molar-refractivity contribution is -0.264. The fraction of sp³-hybridized carbons (Fsp3) is 0.250. The number of Topliss-reactive ketones (excluding diaryl/α,β-unsaturated/α-hetero) is 1. The molecule has 0 aliphatic carbocycles. The first-order chi connectivity index (χ1) is 8.45. The Bertz CT molecular complexity index is 460. The molecule has 1 aromatic carbocycles. The average molecular weight is 260 g/mol. The highest BCUT2D eigenvalue weighted by Gasteiger charge is 2.11. The monoisotopic (exact) mass is 260 g/mol. The summed E-state index contributed by atoms with van der Waals surface area (Å²) in [5.74, 6) is -4.55. The van der Waals surface area contributed by atoms with E-state index < -0.39 is 17.5 Å². The maximum Gasteiger partial charge on any atom is 0.194 e. The highest BCUT2D eigenvalue weighted by molar-refractivity contribution is 5.98. The number of ketones is 1. The first kappa shape index (κ1) is 14.4. The zero-order chi connectivity index (χ0) is 13.7. The van der Waals surface area contributed by atoms with Gasteiger partial charge < -0.3 is 0 Å². The largest absolute Gasteiger partial charge is 0.295 e. The van der Waals surface area contributed by atoms with Crippen LogP contribution in [0.3, 0.4) is 0 Å². The van der Waals surface area contributed by atoms with Gasteiger partial charge in [0.05, 0.1) is 7.11 Å². The van der Waals surface area contributed by atoms with E-state index in [1.54, 1.807) is 0 Å². The number of hydrogen-bond acceptors (Lipinski definition) is 3. The van der Waals surface area contributed by atoms with Gasteiger partial charge in [0, 0.05) is 5.57 Å². The molecule has 6 heteroatoms. The molecule has 0 spiro atoms. The van der Waals surface area contributed by atoms with Crippen LogP contribution >= 0.6 is 0 Å². The van der Waals surface area contributed by atoms with E-state index in [1.165, 1.54) is 20.1 Å². The first-order valence-electron chi connectivity index (χ1n) is 4.97. The van der Waals surface area contributed by atoms with Gasteiger partial charge in [-0.1, -0.05) is 0 Å². The van der Waals surface area contributed by atoms with Crippen LogP contribution in [-0.2, 0) is 14.6 Å². The molecular weight excluding hydrogens is 249 g/mol. The summed E-state index contributed by atoms with van der Waals surface area (Å²) >= 11 is 0. The van der Waals surface area contributed by atoms with Gasteiger partial charge in [0.15, 0.2) is 23.2 Å².